The number of hydrazone groups is 1. The SMILES string of the molecule is COc1cc(/C=N/NC(=O)C(NC(=O)c2ccc3c(c2)OCO3)C(C)C)ccc1OCc1cccc(C)c1. The van der Waals surface area contributed by atoms with Gasteiger partial charge in [-0.25, -0.2) is 5.43 Å². The lowest BCUT2D eigenvalue weighted by Crippen LogP contribution is -2.48. The first kappa shape index (κ1) is 26.5. The van der Waals surface area contributed by atoms with Crippen molar-refractivity contribution in [2.75, 3.05) is 13.9 Å². The highest BCUT2D eigenvalue weighted by Gasteiger charge is 2.25. The molecule has 1 unspecified atom stereocenters. The monoisotopic (exact) mass is 517 g/mol. The standard InChI is InChI=1S/C29H31N3O6/c1-18(2)27(31-28(33)22-9-11-24-26(14-22)38-17-37-24)29(34)32-30-15-20-8-10-23(25(13-20)35-4)36-16-21-7-5-6-19(3)12-21/h5-15,18,27H,16-17H2,1-4H3,(H,31,33)(H,32,34)/b30-15+. The van der Waals surface area contributed by atoms with E-state index in [0.717, 1.165) is 5.56 Å². The summed E-state index contributed by atoms with van der Waals surface area (Å²) in [6.45, 7) is 6.25. The number of ether oxygens (including phenoxy) is 4. The summed E-state index contributed by atoms with van der Waals surface area (Å²) in [6, 6.07) is 17.6. The molecule has 0 bridgehead atoms. The normalized spacial score (nSPS) is 12.9. The zero-order valence-corrected chi connectivity index (χ0v) is 21.8. The molecule has 4 rings (SSSR count). The number of nitrogens with one attached hydrogen (secondary N) is 2. The van der Waals surface area contributed by atoms with Crippen LogP contribution in [0.1, 0.15) is 40.9 Å². The molecule has 0 radical (unpaired) electrons. The molecule has 1 aliphatic rings. The van der Waals surface area contributed by atoms with Gasteiger partial charge < -0.3 is 24.3 Å². The zero-order valence-electron chi connectivity index (χ0n) is 21.8. The van der Waals surface area contributed by atoms with E-state index in [4.69, 9.17) is 18.9 Å². The van der Waals surface area contributed by atoms with E-state index >= 15 is 0 Å². The summed E-state index contributed by atoms with van der Waals surface area (Å²) in [7, 11) is 1.56. The van der Waals surface area contributed by atoms with E-state index < -0.39 is 17.9 Å². The molecule has 9 heteroatoms. The summed E-state index contributed by atoms with van der Waals surface area (Å²) in [4.78, 5) is 25.6. The summed E-state index contributed by atoms with van der Waals surface area (Å²) < 4.78 is 22.0. The maximum absolute atomic E-state index is 12.8. The summed E-state index contributed by atoms with van der Waals surface area (Å²) in [5, 5.41) is 6.84. The molecule has 1 aliphatic heterocycles. The fourth-order valence-corrected chi connectivity index (χ4v) is 3.88. The van der Waals surface area contributed by atoms with Crippen LogP contribution in [0.2, 0.25) is 0 Å². The Kier molecular flexibility index (Phi) is 8.47. The molecule has 198 valence electrons. The van der Waals surface area contributed by atoms with Crippen LogP contribution in [0.15, 0.2) is 65.8 Å². The minimum Gasteiger partial charge on any atom is -0.493 e. The Morgan fingerprint density at radius 1 is 1.03 bits per heavy atom. The molecule has 0 spiro atoms. The summed E-state index contributed by atoms with van der Waals surface area (Å²) in [5.74, 6) is 1.22. The van der Waals surface area contributed by atoms with Crippen molar-refractivity contribution in [3.8, 4) is 23.0 Å². The molecule has 1 atom stereocenters. The second-order valence-corrected chi connectivity index (χ2v) is 9.19. The van der Waals surface area contributed by atoms with Crippen molar-refractivity contribution in [1.29, 1.82) is 0 Å². The van der Waals surface area contributed by atoms with E-state index in [9.17, 15) is 9.59 Å². The number of rotatable bonds is 10. The molecule has 0 aliphatic carbocycles. The Bertz CT molecular complexity index is 1340. The number of hydrogen-bond acceptors (Lipinski definition) is 7. The molecule has 3 aromatic rings. The average molecular weight is 518 g/mol. The third-order valence-corrected chi connectivity index (χ3v) is 5.92. The van der Waals surface area contributed by atoms with Gasteiger partial charge >= 0.3 is 0 Å². The molecular weight excluding hydrogens is 486 g/mol. The minimum atomic E-state index is -0.794. The molecule has 0 fully saturated rings. The number of aryl methyl sites for hydroxylation is 1. The highest BCUT2D eigenvalue weighted by molar-refractivity contribution is 5.98. The van der Waals surface area contributed by atoms with Gasteiger partial charge in [0.1, 0.15) is 12.6 Å². The highest BCUT2D eigenvalue weighted by Crippen LogP contribution is 2.32. The fourth-order valence-electron chi connectivity index (χ4n) is 3.88. The predicted octanol–water partition coefficient (Wildman–Crippen LogP) is 4.22. The number of amides is 2. The van der Waals surface area contributed by atoms with Gasteiger partial charge in [-0.15, -0.1) is 0 Å². The number of methoxy groups -OCH3 is 1. The van der Waals surface area contributed by atoms with Gasteiger partial charge in [-0.1, -0.05) is 43.7 Å². The molecule has 3 aromatic carbocycles. The molecule has 0 aromatic heterocycles. The van der Waals surface area contributed by atoms with Crippen molar-refractivity contribution in [2.45, 2.75) is 33.4 Å². The Balaban J connectivity index is 1.35. The third kappa shape index (κ3) is 6.61. The van der Waals surface area contributed by atoms with Crippen LogP contribution in [0.4, 0.5) is 0 Å². The lowest BCUT2D eigenvalue weighted by Gasteiger charge is -2.20. The molecule has 0 saturated carbocycles. The quantitative estimate of drug-likeness (QED) is 0.308. The summed E-state index contributed by atoms with van der Waals surface area (Å²) in [6.07, 6.45) is 1.50. The lowest BCUT2D eigenvalue weighted by atomic mass is 10.0. The first-order valence-electron chi connectivity index (χ1n) is 12.2. The van der Waals surface area contributed by atoms with Gasteiger partial charge in [0.2, 0.25) is 6.79 Å². The van der Waals surface area contributed by atoms with Gasteiger partial charge in [0, 0.05) is 5.56 Å². The second kappa shape index (κ2) is 12.1. The molecule has 0 saturated heterocycles. The topological polar surface area (TPSA) is 107 Å². The molecular formula is C29H31N3O6. The van der Waals surface area contributed by atoms with Crippen LogP contribution in [0, 0.1) is 12.8 Å². The maximum Gasteiger partial charge on any atom is 0.262 e. The van der Waals surface area contributed by atoms with Crippen LogP contribution >= 0.6 is 0 Å². The third-order valence-electron chi connectivity index (χ3n) is 5.92. The molecule has 1 heterocycles. The molecule has 9 nitrogen and oxygen atoms in total. The number of nitrogens with zero attached hydrogens (tertiary/aromatic N) is 1. The fraction of sp³-hybridized carbons (Fsp3) is 0.276. The number of benzene rings is 3. The zero-order chi connectivity index (χ0) is 27.1. The number of hydrogen-bond donors (Lipinski definition) is 2. The van der Waals surface area contributed by atoms with Crippen molar-refractivity contribution in [2.24, 2.45) is 11.0 Å². The van der Waals surface area contributed by atoms with Crippen molar-refractivity contribution in [1.82, 2.24) is 10.7 Å². The van der Waals surface area contributed by atoms with Crippen LogP contribution in [0.5, 0.6) is 23.0 Å². The van der Waals surface area contributed by atoms with E-state index in [1.165, 1.54) is 11.8 Å². The van der Waals surface area contributed by atoms with E-state index in [1.54, 1.807) is 37.4 Å². The second-order valence-electron chi connectivity index (χ2n) is 9.19. The molecule has 2 N–H and O–H groups in total. The Hall–Kier alpha value is -4.53. The number of fused-ring (bicyclic) bond motifs is 1. The van der Waals surface area contributed by atoms with Gasteiger partial charge in [-0.2, -0.15) is 5.10 Å². The summed E-state index contributed by atoms with van der Waals surface area (Å²) >= 11 is 0. The van der Waals surface area contributed by atoms with Gasteiger partial charge in [-0.3, -0.25) is 9.59 Å². The van der Waals surface area contributed by atoms with Crippen molar-refractivity contribution in [3.63, 3.8) is 0 Å². The van der Waals surface area contributed by atoms with E-state index in [1.807, 2.05) is 45.0 Å². The van der Waals surface area contributed by atoms with Crippen LogP contribution in [-0.4, -0.2) is 38.0 Å². The van der Waals surface area contributed by atoms with E-state index in [0.29, 0.717) is 40.7 Å². The predicted molar refractivity (Wildman–Crippen MR) is 143 cm³/mol. The largest absolute Gasteiger partial charge is 0.493 e. The highest BCUT2D eigenvalue weighted by atomic mass is 16.7. The van der Waals surface area contributed by atoms with Gasteiger partial charge in [0.15, 0.2) is 23.0 Å². The minimum absolute atomic E-state index is 0.116. The Labute approximate surface area is 221 Å². The first-order valence-corrected chi connectivity index (χ1v) is 12.2. The average Bonchev–Trinajstić information content (AvgIpc) is 3.38. The van der Waals surface area contributed by atoms with Crippen molar-refractivity contribution in [3.05, 3.63) is 82.9 Å². The van der Waals surface area contributed by atoms with Crippen LogP contribution in [0.3, 0.4) is 0 Å². The van der Waals surface area contributed by atoms with E-state index in [2.05, 4.69) is 21.9 Å². The number of carbonyl (C=O) groups excluding carboxylic acids is 2. The van der Waals surface area contributed by atoms with Gasteiger partial charge in [0.25, 0.3) is 11.8 Å². The number of carbonyl (C=O) groups is 2. The maximum atomic E-state index is 12.8. The van der Waals surface area contributed by atoms with Crippen molar-refractivity contribution < 1.29 is 28.5 Å². The Morgan fingerprint density at radius 2 is 1.84 bits per heavy atom. The van der Waals surface area contributed by atoms with Crippen LogP contribution in [-0.2, 0) is 11.4 Å². The van der Waals surface area contributed by atoms with Crippen molar-refractivity contribution >= 4 is 18.0 Å². The van der Waals surface area contributed by atoms with Gasteiger partial charge in [0.05, 0.1) is 13.3 Å². The molecule has 2 amide bonds. The Morgan fingerprint density at radius 3 is 2.61 bits per heavy atom. The van der Waals surface area contributed by atoms with Crippen LogP contribution in [0.25, 0.3) is 0 Å². The lowest BCUT2D eigenvalue weighted by molar-refractivity contribution is -0.123. The van der Waals surface area contributed by atoms with Crippen LogP contribution < -0.4 is 29.7 Å². The smallest absolute Gasteiger partial charge is 0.262 e. The summed E-state index contributed by atoms with van der Waals surface area (Å²) in [5.41, 5.74) is 5.81. The molecule has 38 heavy (non-hydrogen) atoms. The van der Waals surface area contributed by atoms with E-state index in [-0.39, 0.29) is 12.7 Å². The first-order chi connectivity index (χ1) is 18.3. The van der Waals surface area contributed by atoms with Gasteiger partial charge in [-0.05, 0) is 60.4 Å².